The molecule has 0 aliphatic carbocycles. The number of nitrogens with one attached hydrogen (secondary N) is 2. The second-order valence-corrected chi connectivity index (χ2v) is 7.28. The second kappa shape index (κ2) is 8.39. The van der Waals surface area contributed by atoms with E-state index in [9.17, 15) is 4.79 Å². The van der Waals surface area contributed by atoms with Gasteiger partial charge in [0, 0.05) is 15.4 Å². The lowest BCUT2D eigenvalue weighted by atomic mass is 10.2. The number of benzene rings is 2. The quantitative estimate of drug-likeness (QED) is 0.567. The zero-order chi connectivity index (χ0) is 18.5. The highest BCUT2D eigenvalue weighted by atomic mass is 79.9. The summed E-state index contributed by atoms with van der Waals surface area (Å²) in [6, 6.07) is 14.8. The van der Waals surface area contributed by atoms with Crippen LogP contribution in [0.5, 0.6) is 5.75 Å². The normalized spacial score (nSPS) is 10.2. The molecule has 0 saturated heterocycles. The Balaban J connectivity index is 1.64. The second-order valence-electron chi connectivity index (χ2n) is 5.15. The van der Waals surface area contributed by atoms with Crippen LogP contribution < -0.4 is 15.4 Å². The van der Waals surface area contributed by atoms with Gasteiger partial charge in [-0.25, -0.2) is 4.98 Å². The first-order chi connectivity index (χ1) is 12.6. The molecule has 0 bridgehead atoms. The summed E-state index contributed by atoms with van der Waals surface area (Å²) in [7, 11) is 1.63. The summed E-state index contributed by atoms with van der Waals surface area (Å²) in [5, 5.41) is 8.31. The Kier molecular flexibility index (Phi) is 5.97. The van der Waals surface area contributed by atoms with Crippen molar-refractivity contribution in [3.05, 3.63) is 63.9 Å². The van der Waals surface area contributed by atoms with Crippen LogP contribution in [0.2, 0.25) is 0 Å². The average Bonchev–Trinajstić information content (AvgIpc) is 3.10. The summed E-state index contributed by atoms with van der Waals surface area (Å²) < 4.78 is 5.86. The first-order valence-electron chi connectivity index (χ1n) is 7.53. The summed E-state index contributed by atoms with van der Waals surface area (Å²) in [5.41, 5.74) is 2.30. The van der Waals surface area contributed by atoms with Gasteiger partial charge in [-0.2, -0.15) is 0 Å². The number of amides is 1. The predicted octanol–water partition coefficient (Wildman–Crippen LogP) is 4.71. The molecule has 0 saturated carbocycles. The highest BCUT2D eigenvalue weighted by Gasteiger charge is 2.12. The first-order valence-corrected chi connectivity index (χ1v) is 9.61. The number of carbonyl (C=O) groups excluding carboxylic acids is 1. The maximum absolute atomic E-state index is 12.3. The minimum absolute atomic E-state index is 0.196. The van der Waals surface area contributed by atoms with E-state index in [2.05, 4.69) is 31.5 Å². The summed E-state index contributed by atoms with van der Waals surface area (Å²) in [6.07, 6.45) is 0. The van der Waals surface area contributed by atoms with Crippen molar-refractivity contribution in [3.63, 3.8) is 0 Å². The molecular weight excluding hydrogens is 434 g/mol. The van der Waals surface area contributed by atoms with Crippen LogP contribution in [0.25, 0.3) is 11.3 Å². The number of methoxy groups -OCH3 is 1. The van der Waals surface area contributed by atoms with Crippen LogP contribution in [-0.2, 0) is 0 Å². The molecule has 0 radical (unpaired) electrons. The fraction of sp³-hybridized carbons (Fsp3) is 0.0556. The van der Waals surface area contributed by atoms with E-state index in [4.69, 9.17) is 17.0 Å². The van der Waals surface area contributed by atoms with E-state index in [0.29, 0.717) is 15.2 Å². The van der Waals surface area contributed by atoms with Crippen molar-refractivity contribution < 1.29 is 9.53 Å². The zero-order valence-electron chi connectivity index (χ0n) is 13.7. The molecule has 1 amide bonds. The number of rotatable bonds is 4. The fourth-order valence-corrected chi connectivity index (χ4v) is 3.61. The van der Waals surface area contributed by atoms with Gasteiger partial charge in [0.15, 0.2) is 10.2 Å². The number of ether oxygens (including phenoxy) is 1. The van der Waals surface area contributed by atoms with Crippen molar-refractivity contribution in [2.75, 3.05) is 12.4 Å². The van der Waals surface area contributed by atoms with Gasteiger partial charge in [-0.15, -0.1) is 11.3 Å². The molecule has 132 valence electrons. The lowest BCUT2D eigenvalue weighted by molar-refractivity contribution is 0.0977. The van der Waals surface area contributed by atoms with Gasteiger partial charge >= 0.3 is 0 Å². The van der Waals surface area contributed by atoms with Crippen LogP contribution in [-0.4, -0.2) is 23.1 Å². The number of thiocarbonyl (C=S) groups is 1. The molecule has 26 heavy (non-hydrogen) atoms. The molecule has 3 aromatic rings. The Hall–Kier alpha value is -2.29. The van der Waals surface area contributed by atoms with Gasteiger partial charge in [-0.3, -0.25) is 10.1 Å². The largest absolute Gasteiger partial charge is 0.497 e. The smallest absolute Gasteiger partial charge is 0.258 e. The van der Waals surface area contributed by atoms with Gasteiger partial charge in [0.1, 0.15) is 5.75 Å². The molecule has 5 nitrogen and oxygen atoms in total. The van der Waals surface area contributed by atoms with Gasteiger partial charge in [-0.1, -0.05) is 12.1 Å². The molecule has 3 rings (SSSR count). The topological polar surface area (TPSA) is 63.2 Å². The number of hydrogen-bond acceptors (Lipinski definition) is 5. The maximum atomic E-state index is 12.3. The van der Waals surface area contributed by atoms with Crippen LogP contribution in [0.3, 0.4) is 0 Å². The Bertz CT molecular complexity index is 942. The zero-order valence-corrected chi connectivity index (χ0v) is 16.9. The van der Waals surface area contributed by atoms with Crippen LogP contribution in [0.4, 0.5) is 5.13 Å². The Morgan fingerprint density at radius 1 is 1.19 bits per heavy atom. The van der Waals surface area contributed by atoms with Gasteiger partial charge in [0.25, 0.3) is 5.91 Å². The highest BCUT2D eigenvalue weighted by molar-refractivity contribution is 9.10. The molecule has 0 unspecified atom stereocenters. The molecule has 0 aliphatic rings. The predicted molar refractivity (Wildman–Crippen MR) is 112 cm³/mol. The SMILES string of the molecule is COc1ccc(-c2csc(NC(=S)NC(=O)c3ccccc3Br)n2)cc1. The van der Waals surface area contributed by atoms with Crippen molar-refractivity contribution in [2.24, 2.45) is 0 Å². The fourth-order valence-electron chi connectivity index (χ4n) is 2.17. The number of thiazole rings is 1. The summed E-state index contributed by atoms with van der Waals surface area (Å²) in [6.45, 7) is 0. The number of anilines is 1. The van der Waals surface area contributed by atoms with Gasteiger partial charge < -0.3 is 10.1 Å². The molecule has 0 atom stereocenters. The summed E-state index contributed by atoms with van der Waals surface area (Å²) in [5.74, 6) is 0.500. The van der Waals surface area contributed by atoms with Gasteiger partial charge in [0.05, 0.1) is 18.4 Å². The molecule has 2 N–H and O–H groups in total. The standard InChI is InChI=1S/C18H14BrN3O2S2/c1-24-12-8-6-11(7-9-12)15-10-26-18(20-15)22-17(25)21-16(23)13-4-2-3-5-14(13)19/h2-10H,1H3,(H2,20,21,22,23,25). The maximum Gasteiger partial charge on any atom is 0.258 e. The Morgan fingerprint density at radius 3 is 2.62 bits per heavy atom. The van der Waals surface area contributed by atoms with E-state index in [1.54, 1.807) is 25.3 Å². The minimum atomic E-state index is -0.290. The van der Waals surface area contributed by atoms with Crippen LogP contribution in [0.15, 0.2) is 58.4 Å². The summed E-state index contributed by atoms with van der Waals surface area (Å²) in [4.78, 5) is 16.7. The van der Waals surface area contributed by atoms with E-state index >= 15 is 0 Å². The molecule has 0 fully saturated rings. The van der Waals surface area contributed by atoms with Crippen LogP contribution >= 0.6 is 39.5 Å². The van der Waals surface area contributed by atoms with Gasteiger partial charge in [0.2, 0.25) is 0 Å². The van der Waals surface area contributed by atoms with E-state index in [1.165, 1.54) is 11.3 Å². The highest BCUT2D eigenvalue weighted by Crippen LogP contribution is 2.26. The molecule has 1 heterocycles. The molecule has 1 aromatic heterocycles. The van der Waals surface area contributed by atoms with Crippen molar-refractivity contribution in [1.29, 1.82) is 0 Å². The lowest BCUT2D eigenvalue weighted by Gasteiger charge is -2.08. The monoisotopic (exact) mass is 447 g/mol. The van der Waals surface area contributed by atoms with Crippen molar-refractivity contribution in [2.45, 2.75) is 0 Å². The van der Waals surface area contributed by atoms with E-state index in [0.717, 1.165) is 17.0 Å². The third kappa shape index (κ3) is 4.46. The molecule has 8 heteroatoms. The minimum Gasteiger partial charge on any atom is -0.497 e. The Morgan fingerprint density at radius 2 is 1.92 bits per heavy atom. The van der Waals surface area contributed by atoms with Crippen LogP contribution in [0.1, 0.15) is 10.4 Å². The third-order valence-corrected chi connectivity index (χ3v) is 5.11. The summed E-state index contributed by atoms with van der Waals surface area (Å²) >= 11 is 9.96. The number of halogens is 1. The first kappa shape index (κ1) is 18.5. The molecule has 2 aromatic carbocycles. The number of carbonyl (C=O) groups is 1. The van der Waals surface area contributed by atoms with Crippen molar-refractivity contribution in [3.8, 4) is 17.0 Å². The third-order valence-electron chi connectivity index (χ3n) is 3.46. The van der Waals surface area contributed by atoms with Crippen molar-refractivity contribution in [1.82, 2.24) is 10.3 Å². The molecular formula is C18H14BrN3O2S2. The van der Waals surface area contributed by atoms with E-state index in [1.807, 2.05) is 35.7 Å². The number of nitrogens with zero attached hydrogens (tertiary/aromatic N) is 1. The number of hydrogen-bond donors (Lipinski definition) is 2. The van der Waals surface area contributed by atoms with E-state index in [-0.39, 0.29) is 11.0 Å². The van der Waals surface area contributed by atoms with Gasteiger partial charge in [-0.05, 0) is 64.5 Å². The van der Waals surface area contributed by atoms with Crippen LogP contribution in [0, 0.1) is 0 Å². The Labute approximate surface area is 168 Å². The average molecular weight is 448 g/mol. The molecule has 0 spiro atoms. The van der Waals surface area contributed by atoms with E-state index < -0.39 is 0 Å². The van der Waals surface area contributed by atoms with Crippen molar-refractivity contribution >= 4 is 55.6 Å². The lowest BCUT2D eigenvalue weighted by Crippen LogP contribution is -2.34. The molecule has 0 aliphatic heterocycles. The number of aromatic nitrogens is 1.